The molecule has 1 aliphatic rings. The number of halogens is 2. The van der Waals surface area contributed by atoms with Crippen LogP contribution in [0, 0.1) is 24.0 Å². The molecule has 1 aromatic carbocycles. The van der Waals surface area contributed by atoms with Crippen LogP contribution >= 0.6 is 0 Å². The topological polar surface area (TPSA) is 9.23 Å². The van der Waals surface area contributed by atoms with E-state index >= 15 is 0 Å². The van der Waals surface area contributed by atoms with Gasteiger partial charge in [0.2, 0.25) is 5.82 Å². The SMILES string of the molecule is C#CC1(c2ccc(F)c(F)c2OC)CC1. The number of methoxy groups -OCH3 is 1. The standard InChI is InChI=1S/C12H10F2O/c1-3-12(6-7-12)8-4-5-9(13)10(14)11(8)15-2/h1,4-5H,6-7H2,2H3. The Morgan fingerprint density at radius 3 is 2.53 bits per heavy atom. The van der Waals surface area contributed by atoms with Gasteiger partial charge < -0.3 is 4.74 Å². The van der Waals surface area contributed by atoms with Gasteiger partial charge in [0, 0.05) is 5.56 Å². The summed E-state index contributed by atoms with van der Waals surface area (Å²) in [7, 11) is 1.31. The van der Waals surface area contributed by atoms with Gasteiger partial charge in [-0.15, -0.1) is 6.42 Å². The van der Waals surface area contributed by atoms with Crippen LogP contribution in [0.25, 0.3) is 0 Å². The smallest absolute Gasteiger partial charge is 0.200 e. The number of hydrogen-bond donors (Lipinski definition) is 0. The number of terminal acetylenes is 1. The van der Waals surface area contributed by atoms with Gasteiger partial charge in [-0.05, 0) is 18.9 Å². The fraction of sp³-hybridized carbons (Fsp3) is 0.333. The fourth-order valence-electron chi connectivity index (χ4n) is 1.72. The Bertz CT molecular complexity index is 442. The molecule has 2 rings (SSSR count). The van der Waals surface area contributed by atoms with Crippen LogP contribution < -0.4 is 4.74 Å². The lowest BCUT2D eigenvalue weighted by Crippen LogP contribution is -2.07. The van der Waals surface area contributed by atoms with Crippen molar-refractivity contribution in [2.75, 3.05) is 7.11 Å². The van der Waals surface area contributed by atoms with E-state index in [-0.39, 0.29) is 5.75 Å². The van der Waals surface area contributed by atoms with E-state index in [0.29, 0.717) is 5.56 Å². The minimum atomic E-state index is -0.962. The summed E-state index contributed by atoms with van der Waals surface area (Å²) >= 11 is 0. The molecule has 1 aliphatic carbocycles. The maximum atomic E-state index is 13.4. The number of rotatable bonds is 2. The van der Waals surface area contributed by atoms with E-state index < -0.39 is 17.0 Å². The Morgan fingerprint density at radius 1 is 1.40 bits per heavy atom. The van der Waals surface area contributed by atoms with Gasteiger partial charge in [-0.1, -0.05) is 12.0 Å². The highest BCUT2D eigenvalue weighted by Gasteiger charge is 2.45. The highest BCUT2D eigenvalue weighted by Crippen LogP contribution is 2.51. The van der Waals surface area contributed by atoms with Gasteiger partial charge in [-0.25, -0.2) is 4.39 Å². The van der Waals surface area contributed by atoms with Crippen molar-refractivity contribution >= 4 is 0 Å². The molecule has 0 unspecified atom stereocenters. The first-order chi connectivity index (χ1) is 7.14. The van der Waals surface area contributed by atoms with E-state index in [4.69, 9.17) is 11.2 Å². The fourth-order valence-corrected chi connectivity index (χ4v) is 1.72. The van der Waals surface area contributed by atoms with Crippen LogP contribution in [-0.4, -0.2) is 7.11 Å². The minimum Gasteiger partial charge on any atom is -0.493 e. The molecule has 0 aliphatic heterocycles. The molecule has 3 heteroatoms. The van der Waals surface area contributed by atoms with Crippen molar-refractivity contribution in [1.29, 1.82) is 0 Å². The van der Waals surface area contributed by atoms with E-state index in [9.17, 15) is 8.78 Å². The molecule has 1 nitrogen and oxygen atoms in total. The van der Waals surface area contributed by atoms with Crippen molar-refractivity contribution in [3.05, 3.63) is 29.3 Å². The van der Waals surface area contributed by atoms with Crippen molar-refractivity contribution in [2.24, 2.45) is 0 Å². The summed E-state index contributed by atoms with van der Waals surface area (Å²) in [6.45, 7) is 0. The third-order valence-corrected chi connectivity index (χ3v) is 2.80. The van der Waals surface area contributed by atoms with Crippen LogP contribution in [0.15, 0.2) is 12.1 Å². The molecule has 78 valence electrons. The Hall–Kier alpha value is -1.56. The van der Waals surface area contributed by atoms with Crippen LogP contribution in [0.1, 0.15) is 18.4 Å². The summed E-state index contributed by atoms with van der Waals surface area (Å²) in [6.07, 6.45) is 6.98. The predicted molar refractivity (Wildman–Crippen MR) is 52.7 cm³/mol. The van der Waals surface area contributed by atoms with Gasteiger partial charge in [-0.2, -0.15) is 4.39 Å². The largest absolute Gasteiger partial charge is 0.493 e. The summed E-state index contributed by atoms with van der Waals surface area (Å²) in [5, 5.41) is 0. The lowest BCUT2D eigenvalue weighted by atomic mass is 9.95. The van der Waals surface area contributed by atoms with Crippen molar-refractivity contribution in [2.45, 2.75) is 18.3 Å². The summed E-state index contributed by atoms with van der Waals surface area (Å²) in [4.78, 5) is 0. The zero-order chi connectivity index (χ0) is 11.1. The van der Waals surface area contributed by atoms with Crippen LogP contribution in [0.4, 0.5) is 8.78 Å². The Labute approximate surface area is 87.1 Å². The molecule has 0 bridgehead atoms. The highest BCUT2D eigenvalue weighted by atomic mass is 19.2. The molecule has 1 fully saturated rings. The molecule has 0 heterocycles. The Kier molecular flexibility index (Phi) is 2.15. The average Bonchev–Trinajstić information content (AvgIpc) is 3.02. The van der Waals surface area contributed by atoms with E-state index in [0.717, 1.165) is 18.9 Å². The number of hydrogen-bond acceptors (Lipinski definition) is 1. The van der Waals surface area contributed by atoms with Crippen molar-refractivity contribution in [3.63, 3.8) is 0 Å². The van der Waals surface area contributed by atoms with Crippen molar-refractivity contribution in [3.8, 4) is 18.1 Å². The van der Waals surface area contributed by atoms with E-state index in [1.807, 2.05) is 0 Å². The van der Waals surface area contributed by atoms with Crippen LogP contribution in [0.2, 0.25) is 0 Å². The molecular weight excluding hydrogens is 198 g/mol. The van der Waals surface area contributed by atoms with Gasteiger partial charge in [-0.3, -0.25) is 0 Å². The van der Waals surface area contributed by atoms with E-state index in [2.05, 4.69) is 5.92 Å². The lowest BCUT2D eigenvalue weighted by molar-refractivity contribution is 0.365. The zero-order valence-electron chi connectivity index (χ0n) is 8.31. The van der Waals surface area contributed by atoms with Crippen molar-refractivity contribution in [1.82, 2.24) is 0 Å². The summed E-state index contributed by atoms with van der Waals surface area (Å²) in [5.41, 5.74) is 0.131. The first kappa shape index (κ1) is 9.97. The molecule has 0 aromatic heterocycles. The second-order valence-corrected chi connectivity index (χ2v) is 3.67. The Morgan fingerprint density at radius 2 is 2.07 bits per heavy atom. The van der Waals surface area contributed by atoms with Gasteiger partial charge in [0.25, 0.3) is 0 Å². The van der Waals surface area contributed by atoms with Gasteiger partial charge in [0.05, 0.1) is 12.5 Å². The average molecular weight is 208 g/mol. The van der Waals surface area contributed by atoms with E-state index in [1.54, 1.807) is 0 Å². The third kappa shape index (κ3) is 1.37. The number of benzene rings is 1. The first-order valence-electron chi connectivity index (χ1n) is 4.65. The molecule has 15 heavy (non-hydrogen) atoms. The first-order valence-corrected chi connectivity index (χ1v) is 4.65. The second kappa shape index (κ2) is 3.23. The van der Waals surface area contributed by atoms with Crippen LogP contribution in [-0.2, 0) is 5.41 Å². The molecule has 0 atom stereocenters. The molecule has 0 N–H and O–H groups in total. The van der Waals surface area contributed by atoms with Crippen molar-refractivity contribution < 1.29 is 13.5 Å². The third-order valence-electron chi connectivity index (χ3n) is 2.80. The quantitative estimate of drug-likeness (QED) is 0.679. The zero-order valence-corrected chi connectivity index (χ0v) is 8.31. The highest BCUT2D eigenvalue weighted by molar-refractivity contribution is 5.49. The molecule has 1 aromatic rings. The summed E-state index contributed by atoms with van der Waals surface area (Å²) in [5.74, 6) is 0.682. The normalized spacial score (nSPS) is 16.9. The molecule has 0 spiro atoms. The second-order valence-electron chi connectivity index (χ2n) is 3.67. The molecule has 0 radical (unpaired) electrons. The Balaban J connectivity index is 2.59. The molecular formula is C12H10F2O. The minimum absolute atomic E-state index is 0.0644. The molecule has 0 saturated heterocycles. The van der Waals surface area contributed by atoms with Gasteiger partial charge in [0.1, 0.15) is 0 Å². The summed E-state index contributed by atoms with van der Waals surface area (Å²) in [6, 6.07) is 2.59. The van der Waals surface area contributed by atoms with Crippen LogP contribution in [0.3, 0.4) is 0 Å². The van der Waals surface area contributed by atoms with E-state index in [1.165, 1.54) is 13.2 Å². The number of ether oxygens (including phenoxy) is 1. The molecule has 0 amide bonds. The van der Waals surface area contributed by atoms with Gasteiger partial charge in [0.15, 0.2) is 11.6 Å². The maximum Gasteiger partial charge on any atom is 0.200 e. The lowest BCUT2D eigenvalue weighted by Gasteiger charge is -2.14. The maximum absolute atomic E-state index is 13.4. The summed E-state index contributed by atoms with van der Waals surface area (Å²) < 4.78 is 31.2. The monoisotopic (exact) mass is 208 g/mol. The molecule has 1 saturated carbocycles. The predicted octanol–water partition coefficient (Wildman–Crippen LogP) is 2.64. The van der Waals surface area contributed by atoms with Gasteiger partial charge >= 0.3 is 0 Å². The van der Waals surface area contributed by atoms with Crippen LogP contribution in [0.5, 0.6) is 5.75 Å².